The zero-order valence-corrected chi connectivity index (χ0v) is 20.3. The molecule has 0 radical (unpaired) electrons. The van der Waals surface area contributed by atoms with Crippen LogP contribution in [0.1, 0.15) is 47.7 Å². The van der Waals surface area contributed by atoms with Crippen molar-refractivity contribution in [2.75, 3.05) is 18.4 Å². The highest BCUT2D eigenvalue weighted by atomic mass is 19.3. The number of aliphatic imine (C=N–C) groups is 2. The molecule has 1 amide bonds. The van der Waals surface area contributed by atoms with Crippen LogP contribution in [-0.2, 0) is 0 Å². The summed E-state index contributed by atoms with van der Waals surface area (Å²) in [7, 11) is 0. The Morgan fingerprint density at radius 3 is 2.81 bits per heavy atom. The lowest BCUT2D eigenvalue weighted by Crippen LogP contribution is -2.42. The predicted molar refractivity (Wildman–Crippen MR) is 138 cm³/mol. The van der Waals surface area contributed by atoms with E-state index in [2.05, 4.69) is 39.2 Å². The molecule has 1 aromatic carbocycles. The second-order valence-electron chi connectivity index (χ2n) is 9.00. The van der Waals surface area contributed by atoms with Crippen molar-refractivity contribution in [2.45, 2.75) is 32.2 Å². The standard InChI is InChI=1S/C26H28F3N7O/c1-15-3-4-16(13-34-15)14-36-10-9-33-25(30)23(36)22(31-2)19-6-5-18(11-20(19)27)26(37)35-21-12-17(24(28)29)7-8-32-21/h5-12,15-16,24,34H,2-4,13-14H2,1H3,(H2,30,33)(H,32,35,37)/b23-22-/t15-,16+/m0/s1. The minimum atomic E-state index is -2.71. The van der Waals surface area contributed by atoms with E-state index in [-0.39, 0.29) is 34.0 Å². The summed E-state index contributed by atoms with van der Waals surface area (Å²) in [6.07, 6.45) is 3.89. The molecule has 0 saturated carbocycles. The number of nitrogens with two attached hydrogens (primary N) is 1. The number of aromatic nitrogens is 1. The number of carbonyl (C=O) groups is 1. The van der Waals surface area contributed by atoms with E-state index >= 15 is 4.39 Å². The van der Waals surface area contributed by atoms with E-state index < -0.39 is 18.1 Å². The molecule has 3 heterocycles. The van der Waals surface area contributed by atoms with Crippen LogP contribution in [-0.4, -0.2) is 47.5 Å². The Morgan fingerprint density at radius 1 is 1.32 bits per heavy atom. The summed E-state index contributed by atoms with van der Waals surface area (Å²) in [6, 6.07) is 6.52. The third-order valence-electron chi connectivity index (χ3n) is 6.35. The predicted octanol–water partition coefficient (Wildman–Crippen LogP) is 4.31. The van der Waals surface area contributed by atoms with Crippen molar-refractivity contribution in [3.63, 3.8) is 0 Å². The van der Waals surface area contributed by atoms with E-state index in [9.17, 15) is 13.6 Å². The molecule has 37 heavy (non-hydrogen) atoms. The molecular formula is C26H28F3N7O. The fourth-order valence-corrected chi connectivity index (χ4v) is 4.35. The van der Waals surface area contributed by atoms with Gasteiger partial charge in [0.05, 0.1) is 5.70 Å². The molecule has 0 unspecified atom stereocenters. The SMILES string of the molecule is C=N/C(=C1/C(N)=NC=CN1C[C@@H]1CC[C@H](C)NC1)c1ccc(C(=O)Nc2cc(C(F)F)ccn2)cc1F. The summed E-state index contributed by atoms with van der Waals surface area (Å²) in [4.78, 5) is 26.6. The number of rotatable bonds is 7. The number of amides is 1. The van der Waals surface area contributed by atoms with E-state index in [1.807, 2.05) is 4.90 Å². The molecule has 1 aromatic heterocycles. The Kier molecular flexibility index (Phi) is 8.02. The maximum Gasteiger partial charge on any atom is 0.264 e. The minimum Gasteiger partial charge on any atom is -0.382 e. The van der Waals surface area contributed by atoms with E-state index in [0.717, 1.165) is 43.8 Å². The number of amidine groups is 1. The maximum atomic E-state index is 15.3. The van der Waals surface area contributed by atoms with Gasteiger partial charge in [-0.2, -0.15) is 0 Å². The van der Waals surface area contributed by atoms with Gasteiger partial charge in [-0.05, 0) is 69.3 Å². The van der Waals surface area contributed by atoms with Gasteiger partial charge in [-0.25, -0.2) is 23.1 Å². The lowest BCUT2D eigenvalue weighted by molar-refractivity contribution is 0.102. The molecule has 0 bridgehead atoms. The second kappa shape index (κ2) is 11.4. The van der Waals surface area contributed by atoms with Crippen LogP contribution in [0, 0.1) is 11.7 Å². The van der Waals surface area contributed by atoms with Crippen LogP contribution in [0.5, 0.6) is 0 Å². The first-order chi connectivity index (χ1) is 17.8. The van der Waals surface area contributed by atoms with Crippen molar-refractivity contribution < 1.29 is 18.0 Å². The number of nitrogens with zero attached hydrogens (tertiary/aromatic N) is 4. The Balaban J connectivity index is 1.59. The fourth-order valence-electron chi connectivity index (χ4n) is 4.35. The number of pyridine rings is 1. The number of halogens is 3. The van der Waals surface area contributed by atoms with Gasteiger partial charge in [-0.1, -0.05) is 0 Å². The van der Waals surface area contributed by atoms with Crippen molar-refractivity contribution in [1.82, 2.24) is 15.2 Å². The third kappa shape index (κ3) is 6.05. The molecule has 4 rings (SSSR count). The van der Waals surface area contributed by atoms with Crippen LogP contribution in [0.15, 0.2) is 64.6 Å². The van der Waals surface area contributed by atoms with E-state index in [0.29, 0.717) is 24.2 Å². The molecule has 0 spiro atoms. The Morgan fingerprint density at radius 2 is 2.14 bits per heavy atom. The number of hydrogen-bond donors (Lipinski definition) is 3. The zero-order chi connectivity index (χ0) is 26.5. The number of nitrogens with one attached hydrogen (secondary N) is 2. The molecule has 2 aliphatic rings. The van der Waals surface area contributed by atoms with Gasteiger partial charge in [-0.3, -0.25) is 9.79 Å². The van der Waals surface area contributed by atoms with Gasteiger partial charge in [-0.15, -0.1) is 0 Å². The van der Waals surface area contributed by atoms with E-state index in [1.54, 1.807) is 12.4 Å². The molecule has 0 aliphatic carbocycles. The van der Waals surface area contributed by atoms with Gasteiger partial charge < -0.3 is 21.3 Å². The number of piperidine rings is 1. The van der Waals surface area contributed by atoms with Crippen LogP contribution in [0.3, 0.4) is 0 Å². The van der Waals surface area contributed by atoms with Gasteiger partial charge >= 0.3 is 0 Å². The zero-order valence-electron chi connectivity index (χ0n) is 20.3. The van der Waals surface area contributed by atoms with Crippen LogP contribution in [0.25, 0.3) is 5.70 Å². The average Bonchev–Trinajstić information content (AvgIpc) is 2.88. The van der Waals surface area contributed by atoms with E-state index in [1.165, 1.54) is 12.1 Å². The molecule has 11 heteroatoms. The van der Waals surface area contributed by atoms with Gasteiger partial charge in [0.15, 0.2) is 0 Å². The first kappa shape index (κ1) is 26.1. The summed E-state index contributed by atoms with van der Waals surface area (Å²) in [5.74, 6) is -0.975. The quantitative estimate of drug-likeness (QED) is 0.480. The van der Waals surface area contributed by atoms with Crippen molar-refractivity contribution in [3.05, 3.63) is 77.1 Å². The van der Waals surface area contributed by atoms with Gasteiger partial charge in [0.2, 0.25) is 0 Å². The van der Waals surface area contributed by atoms with Gasteiger partial charge in [0.25, 0.3) is 12.3 Å². The first-order valence-corrected chi connectivity index (χ1v) is 11.8. The summed E-state index contributed by atoms with van der Waals surface area (Å²) < 4.78 is 41.2. The summed E-state index contributed by atoms with van der Waals surface area (Å²) in [6.45, 7) is 7.25. The molecule has 4 N–H and O–H groups in total. The Bertz CT molecular complexity index is 1270. The second-order valence-corrected chi connectivity index (χ2v) is 9.00. The lowest BCUT2D eigenvalue weighted by atomic mass is 9.94. The average molecular weight is 512 g/mol. The van der Waals surface area contributed by atoms with Gasteiger partial charge in [0.1, 0.15) is 23.2 Å². The summed E-state index contributed by atoms with van der Waals surface area (Å²) in [5, 5.41) is 5.88. The number of benzene rings is 1. The summed E-state index contributed by atoms with van der Waals surface area (Å²) in [5.41, 5.74) is 6.61. The highest BCUT2D eigenvalue weighted by Crippen LogP contribution is 2.29. The van der Waals surface area contributed by atoms with Crippen LogP contribution < -0.4 is 16.4 Å². The van der Waals surface area contributed by atoms with Crippen molar-refractivity contribution >= 4 is 30.0 Å². The number of carbonyl (C=O) groups excluding carboxylic acids is 1. The third-order valence-corrected chi connectivity index (χ3v) is 6.35. The molecule has 2 aromatic rings. The number of hydrogen-bond acceptors (Lipinski definition) is 7. The lowest BCUT2D eigenvalue weighted by Gasteiger charge is -2.34. The topological polar surface area (TPSA) is 108 Å². The van der Waals surface area contributed by atoms with Crippen molar-refractivity contribution in [2.24, 2.45) is 21.6 Å². The monoisotopic (exact) mass is 511 g/mol. The van der Waals surface area contributed by atoms with Crippen LogP contribution >= 0.6 is 0 Å². The molecule has 1 fully saturated rings. The molecule has 8 nitrogen and oxygen atoms in total. The molecular weight excluding hydrogens is 483 g/mol. The molecule has 2 atom stereocenters. The van der Waals surface area contributed by atoms with Crippen molar-refractivity contribution in [1.29, 1.82) is 0 Å². The fraction of sp³-hybridized carbons (Fsp3) is 0.308. The smallest absolute Gasteiger partial charge is 0.264 e. The van der Waals surface area contributed by atoms with Crippen molar-refractivity contribution in [3.8, 4) is 0 Å². The normalized spacial score (nSPS) is 21.0. The molecule has 1 saturated heterocycles. The number of anilines is 1. The van der Waals surface area contributed by atoms with Crippen LogP contribution in [0.2, 0.25) is 0 Å². The highest BCUT2D eigenvalue weighted by molar-refractivity contribution is 6.06. The van der Waals surface area contributed by atoms with Crippen LogP contribution in [0.4, 0.5) is 19.0 Å². The van der Waals surface area contributed by atoms with Gasteiger partial charge in [0, 0.05) is 47.9 Å². The molecule has 194 valence electrons. The Hall–Kier alpha value is -3.99. The Labute approximate surface area is 212 Å². The molecule has 2 aliphatic heterocycles. The minimum absolute atomic E-state index is 0.0247. The highest BCUT2D eigenvalue weighted by Gasteiger charge is 2.26. The largest absolute Gasteiger partial charge is 0.382 e. The van der Waals surface area contributed by atoms with E-state index in [4.69, 9.17) is 5.73 Å². The maximum absolute atomic E-state index is 15.3. The summed E-state index contributed by atoms with van der Waals surface area (Å²) >= 11 is 0. The number of alkyl halides is 2. The first-order valence-electron chi connectivity index (χ1n) is 11.8.